The second-order valence-corrected chi connectivity index (χ2v) is 6.32. The van der Waals surface area contributed by atoms with Crippen molar-refractivity contribution in [2.75, 3.05) is 0 Å². The lowest BCUT2D eigenvalue weighted by molar-refractivity contribution is -0.137. The molecular weight excluding hydrogens is 269 g/mol. The number of hydrogen-bond donors (Lipinski definition) is 1. The van der Waals surface area contributed by atoms with Gasteiger partial charge in [-0.3, -0.25) is 0 Å². The number of benzene rings is 1. The Morgan fingerprint density at radius 3 is 1.89 bits per heavy atom. The highest BCUT2D eigenvalue weighted by molar-refractivity contribution is 7.92. The van der Waals surface area contributed by atoms with Crippen LogP contribution < -0.4 is 0 Å². The molecule has 0 heterocycles. The van der Waals surface area contributed by atoms with Crippen molar-refractivity contribution >= 4 is 9.84 Å². The Labute approximate surface area is 103 Å². The van der Waals surface area contributed by atoms with Crippen molar-refractivity contribution in [2.45, 2.75) is 36.3 Å². The van der Waals surface area contributed by atoms with Crippen molar-refractivity contribution in [3.05, 3.63) is 29.8 Å². The summed E-state index contributed by atoms with van der Waals surface area (Å²) >= 11 is 0. The van der Waals surface area contributed by atoms with Crippen LogP contribution in [0.15, 0.2) is 29.2 Å². The minimum atomic E-state index is -4.50. The Balaban J connectivity index is 3.14. The monoisotopic (exact) mass is 282 g/mol. The Kier molecular flexibility index (Phi) is 4.07. The van der Waals surface area contributed by atoms with E-state index in [1.54, 1.807) is 0 Å². The minimum Gasteiger partial charge on any atom is -0.392 e. The van der Waals surface area contributed by atoms with Gasteiger partial charge in [0.1, 0.15) is 0 Å². The van der Waals surface area contributed by atoms with E-state index in [0.29, 0.717) is 12.1 Å². The first-order chi connectivity index (χ1) is 8.06. The molecule has 102 valence electrons. The van der Waals surface area contributed by atoms with Crippen LogP contribution in [0.2, 0.25) is 0 Å². The van der Waals surface area contributed by atoms with Crippen molar-refractivity contribution in [1.82, 2.24) is 0 Å². The van der Waals surface area contributed by atoms with Crippen LogP contribution in [-0.4, -0.2) is 24.9 Å². The highest BCUT2D eigenvalue weighted by Crippen LogP contribution is 2.30. The normalized spacial score (nSPS) is 16.3. The van der Waals surface area contributed by atoms with Crippen LogP contribution in [0.5, 0.6) is 0 Å². The van der Waals surface area contributed by atoms with Crippen molar-refractivity contribution < 1.29 is 26.7 Å². The lowest BCUT2D eigenvalue weighted by Gasteiger charge is -2.16. The van der Waals surface area contributed by atoms with Crippen molar-refractivity contribution in [2.24, 2.45) is 0 Å². The van der Waals surface area contributed by atoms with E-state index in [1.807, 2.05) is 0 Å². The first-order valence-electron chi connectivity index (χ1n) is 5.16. The Bertz CT molecular complexity index is 503. The number of halogens is 3. The fourth-order valence-electron chi connectivity index (χ4n) is 1.31. The van der Waals surface area contributed by atoms with Gasteiger partial charge in [0.25, 0.3) is 0 Å². The zero-order valence-corrected chi connectivity index (χ0v) is 10.6. The molecule has 0 aliphatic rings. The summed E-state index contributed by atoms with van der Waals surface area (Å²) in [5, 5.41) is 8.17. The van der Waals surface area contributed by atoms with Crippen molar-refractivity contribution in [1.29, 1.82) is 0 Å². The van der Waals surface area contributed by atoms with E-state index in [2.05, 4.69) is 0 Å². The number of alkyl halides is 3. The average Bonchev–Trinajstić information content (AvgIpc) is 2.26. The fraction of sp³-hybridized carbons (Fsp3) is 0.455. The van der Waals surface area contributed by atoms with Crippen LogP contribution in [0.25, 0.3) is 0 Å². The molecule has 2 unspecified atom stereocenters. The summed E-state index contributed by atoms with van der Waals surface area (Å²) in [6.07, 6.45) is -5.60. The first kappa shape index (κ1) is 15.0. The van der Waals surface area contributed by atoms with Gasteiger partial charge in [0, 0.05) is 0 Å². The Morgan fingerprint density at radius 1 is 1.11 bits per heavy atom. The molecule has 0 saturated heterocycles. The molecule has 0 amide bonds. The van der Waals surface area contributed by atoms with Crippen molar-refractivity contribution in [3.63, 3.8) is 0 Å². The van der Waals surface area contributed by atoms with Gasteiger partial charge < -0.3 is 5.11 Å². The largest absolute Gasteiger partial charge is 0.416 e. The van der Waals surface area contributed by atoms with Gasteiger partial charge in [-0.15, -0.1) is 0 Å². The molecule has 0 bridgehead atoms. The first-order valence-corrected chi connectivity index (χ1v) is 6.70. The quantitative estimate of drug-likeness (QED) is 0.925. The van der Waals surface area contributed by atoms with Gasteiger partial charge >= 0.3 is 6.18 Å². The second-order valence-electron chi connectivity index (χ2n) is 4.01. The zero-order chi connectivity index (χ0) is 14.1. The molecular formula is C11H13F3O3S. The molecule has 0 aliphatic heterocycles. The number of aliphatic hydroxyl groups is 1. The van der Waals surface area contributed by atoms with Gasteiger partial charge in [0.15, 0.2) is 9.84 Å². The van der Waals surface area contributed by atoms with Gasteiger partial charge in [-0.25, -0.2) is 8.42 Å². The molecule has 0 fully saturated rings. The standard InChI is InChI=1S/C11H13F3O3S/c1-7(15)8(2)18(16,17)10-5-3-9(4-6-10)11(12,13)14/h3-8,15H,1-2H3. The molecule has 1 aromatic rings. The lowest BCUT2D eigenvalue weighted by Crippen LogP contribution is -2.29. The number of aliphatic hydroxyl groups excluding tert-OH is 1. The summed E-state index contributed by atoms with van der Waals surface area (Å²) in [6, 6.07) is 3.22. The molecule has 0 aromatic heterocycles. The van der Waals surface area contributed by atoms with E-state index >= 15 is 0 Å². The van der Waals surface area contributed by atoms with Crippen LogP contribution in [-0.2, 0) is 16.0 Å². The summed E-state index contributed by atoms with van der Waals surface area (Å²) < 4.78 is 60.7. The molecule has 1 rings (SSSR count). The Morgan fingerprint density at radius 2 is 1.56 bits per heavy atom. The summed E-state index contributed by atoms with van der Waals surface area (Å²) in [6.45, 7) is 2.62. The zero-order valence-electron chi connectivity index (χ0n) is 9.77. The van der Waals surface area contributed by atoms with E-state index in [-0.39, 0.29) is 4.90 Å². The van der Waals surface area contributed by atoms with Gasteiger partial charge in [-0.05, 0) is 38.1 Å². The molecule has 0 saturated carbocycles. The third-order valence-electron chi connectivity index (χ3n) is 2.68. The van der Waals surface area contributed by atoms with E-state index in [9.17, 15) is 26.7 Å². The topological polar surface area (TPSA) is 54.4 Å². The summed E-state index contributed by atoms with van der Waals surface area (Å²) in [7, 11) is -3.82. The number of hydrogen-bond acceptors (Lipinski definition) is 3. The second kappa shape index (κ2) is 4.89. The van der Waals surface area contributed by atoms with E-state index in [4.69, 9.17) is 0 Å². The number of sulfone groups is 1. The van der Waals surface area contributed by atoms with Gasteiger partial charge in [0.05, 0.1) is 21.8 Å². The predicted octanol–water partition coefficient (Wildman–Crippen LogP) is 2.25. The third-order valence-corrected chi connectivity index (χ3v) is 4.98. The predicted molar refractivity (Wildman–Crippen MR) is 59.8 cm³/mol. The summed E-state index contributed by atoms with van der Waals surface area (Å²) in [5.41, 5.74) is -0.911. The number of rotatable bonds is 3. The van der Waals surface area contributed by atoms with Gasteiger partial charge in [-0.1, -0.05) is 0 Å². The molecule has 7 heteroatoms. The van der Waals surface area contributed by atoms with Crippen LogP contribution in [0, 0.1) is 0 Å². The fourth-order valence-corrected chi connectivity index (χ4v) is 2.77. The van der Waals surface area contributed by atoms with Gasteiger partial charge in [-0.2, -0.15) is 13.2 Å². The molecule has 0 radical (unpaired) electrons. The molecule has 2 atom stereocenters. The van der Waals surface area contributed by atoms with Crippen LogP contribution >= 0.6 is 0 Å². The highest BCUT2D eigenvalue weighted by atomic mass is 32.2. The van der Waals surface area contributed by atoms with Crippen LogP contribution in [0.3, 0.4) is 0 Å². The van der Waals surface area contributed by atoms with Gasteiger partial charge in [0.2, 0.25) is 0 Å². The van der Waals surface area contributed by atoms with E-state index in [1.165, 1.54) is 13.8 Å². The highest BCUT2D eigenvalue weighted by Gasteiger charge is 2.32. The molecule has 1 N–H and O–H groups in total. The van der Waals surface area contributed by atoms with Crippen LogP contribution in [0.4, 0.5) is 13.2 Å². The molecule has 1 aromatic carbocycles. The maximum Gasteiger partial charge on any atom is 0.416 e. The maximum absolute atomic E-state index is 12.3. The average molecular weight is 282 g/mol. The summed E-state index contributed by atoms with van der Waals surface area (Å²) in [4.78, 5) is -0.232. The maximum atomic E-state index is 12.3. The molecule has 18 heavy (non-hydrogen) atoms. The van der Waals surface area contributed by atoms with E-state index < -0.39 is 32.9 Å². The molecule has 3 nitrogen and oxygen atoms in total. The van der Waals surface area contributed by atoms with E-state index in [0.717, 1.165) is 12.1 Å². The SMILES string of the molecule is CC(O)C(C)S(=O)(=O)c1ccc(C(F)(F)F)cc1. The smallest absolute Gasteiger partial charge is 0.392 e. The Hall–Kier alpha value is -1.08. The van der Waals surface area contributed by atoms with Crippen LogP contribution in [0.1, 0.15) is 19.4 Å². The van der Waals surface area contributed by atoms with Crippen molar-refractivity contribution in [3.8, 4) is 0 Å². The molecule has 0 spiro atoms. The third kappa shape index (κ3) is 3.02. The lowest BCUT2D eigenvalue weighted by atomic mass is 10.2. The molecule has 0 aliphatic carbocycles. The summed E-state index contributed by atoms with van der Waals surface area (Å²) in [5.74, 6) is 0. The minimum absolute atomic E-state index is 0.232.